The van der Waals surface area contributed by atoms with Gasteiger partial charge in [-0.3, -0.25) is 24.1 Å². The van der Waals surface area contributed by atoms with Crippen LogP contribution < -0.4 is 5.32 Å². The minimum atomic E-state index is -0.899. The molecule has 0 fully saturated rings. The van der Waals surface area contributed by atoms with Gasteiger partial charge in [0.05, 0.1) is 36.4 Å². The zero-order valence-electron chi connectivity index (χ0n) is 15.2. The Bertz CT molecular complexity index is 988. The molecule has 1 unspecified atom stereocenters. The number of imide groups is 1. The standard InChI is InChI=1S/C20H17ClN2O5/c1-11(24)22-15-8-4-7-14-18(15)20(27)23(19(14)26)16(10-17(25)28-2)12-5-3-6-13(21)9-12/h3-9,16H,10H2,1-2H3,(H,22,24). The fourth-order valence-electron chi connectivity index (χ4n) is 3.19. The van der Waals surface area contributed by atoms with E-state index in [0.717, 1.165) is 4.90 Å². The fraction of sp³-hybridized carbons (Fsp3) is 0.200. The number of halogens is 1. The average Bonchev–Trinajstić information content (AvgIpc) is 2.91. The normalized spacial score (nSPS) is 13.9. The Labute approximate surface area is 166 Å². The van der Waals surface area contributed by atoms with Gasteiger partial charge in [-0.2, -0.15) is 0 Å². The van der Waals surface area contributed by atoms with Crippen LogP contribution in [0.15, 0.2) is 42.5 Å². The number of nitrogens with one attached hydrogen (secondary N) is 1. The molecule has 1 heterocycles. The maximum atomic E-state index is 13.1. The molecular formula is C20H17ClN2O5. The van der Waals surface area contributed by atoms with E-state index in [1.165, 1.54) is 20.1 Å². The highest BCUT2D eigenvalue weighted by molar-refractivity contribution is 6.30. The maximum Gasteiger partial charge on any atom is 0.307 e. The van der Waals surface area contributed by atoms with E-state index in [1.807, 2.05) is 0 Å². The number of anilines is 1. The highest BCUT2D eigenvalue weighted by Gasteiger charge is 2.43. The first-order chi connectivity index (χ1) is 13.3. The van der Waals surface area contributed by atoms with Crippen LogP contribution >= 0.6 is 11.6 Å². The number of nitrogens with zero attached hydrogens (tertiary/aromatic N) is 1. The molecule has 2 aromatic rings. The fourth-order valence-corrected chi connectivity index (χ4v) is 3.39. The van der Waals surface area contributed by atoms with Crippen molar-refractivity contribution in [2.45, 2.75) is 19.4 Å². The van der Waals surface area contributed by atoms with E-state index >= 15 is 0 Å². The number of amides is 3. The van der Waals surface area contributed by atoms with Crippen molar-refractivity contribution in [2.24, 2.45) is 0 Å². The topological polar surface area (TPSA) is 92.8 Å². The molecule has 1 atom stereocenters. The lowest BCUT2D eigenvalue weighted by molar-refractivity contribution is -0.141. The average molecular weight is 401 g/mol. The molecule has 1 aliphatic rings. The van der Waals surface area contributed by atoms with Crippen molar-refractivity contribution in [2.75, 3.05) is 12.4 Å². The lowest BCUT2D eigenvalue weighted by atomic mass is 10.0. The lowest BCUT2D eigenvalue weighted by Gasteiger charge is -2.26. The summed E-state index contributed by atoms with van der Waals surface area (Å²) in [5.41, 5.74) is 1.02. The number of fused-ring (bicyclic) bond motifs is 1. The molecule has 7 nitrogen and oxygen atoms in total. The molecule has 1 N–H and O–H groups in total. The Morgan fingerprint density at radius 1 is 1.14 bits per heavy atom. The van der Waals surface area contributed by atoms with Crippen LogP contribution in [0.5, 0.6) is 0 Å². The van der Waals surface area contributed by atoms with Gasteiger partial charge in [-0.05, 0) is 29.8 Å². The summed E-state index contributed by atoms with van der Waals surface area (Å²) in [7, 11) is 1.23. The zero-order chi connectivity index (χ0) is 20.4. The van der Waals surface area contributed by atoms with Crippen molar-refractivity contribution in [1.29, 1.82) is 0 Å². The van der Waals surface area contributed by atoms with Gasteiger partial charge in [-0.15, -0.1) is 0 Å². The van der Waals surface area contributed by atoms with E-state index in [-0.39, 0.29) is 29.1 Å². The summed E-state index contributed by atoms with van der Waals surface area (Å²) >= 11 is 6.06. The quantitative estimate of drug-likeness (QED) is 0.614. The first-order valence-corrected chi connectivity index (χ1v) is 8.82. The summed E-state index contributed by atoms with van der Waals surface area (Å²) in [5, 5.41) is 2.97. The van der Waals surface area contributed by atoms with Crippen LogP contribution in [0.4, 0.5) is 5.69 Å². The third-order valence-corrected chi connectivity index (χ3v) is 4.62. The second kappa shape index (κ2) is 7.82. The first-order valence-electron chi connectivity index (χ1n) is 8.44. The third kappa shape index (κ3) is 3.61. The number of hydrogen-bond donors (Lipinski definition) is 1. The van der Waals surface area contributed by atoms with Crippen molar-refractivity contribution < 1.29 is 23.9 Å². The van der Waals surface area contributed by atoms with Crippen LogP contribution in [0.2, 0.25) is 5.02 Å². The Kier molecular flexibility index (Phi) is 5.46. The first kappa shape index (κ1) is 19.6. The molecule has 0 radical (unpaired) electrons. The Hall–Kier alpha value is -3.19. The number of carbonyl (C=O) groups is 4. The highest BCUT2D eigenvalue weighted by atomic mass is 35.5. The summed E-state index contributed by atoms with van der Waals surface area (Å²) in [6, 6.07) is 10.3. The van der Waals surface area contributed by atoms with E-state index in [9.17, 15) is 19.2 Å². The predicted molar refractivity (Wildman–Crippen MR) is 102 cm³/mol. The Morgan fingerprint density at radius 2 is 1.86 bits per heavy atom. The number of benzene rings is 2. The van der Waals surface area contributed by atoms with Crippen molar-refractivity contribution in [3.63, 3.8) is 0 Å². The molecule has 1 aliphatic heterocycles. The smallest absolute Gasteiger partial charge is 0.307 e. The van der Waals surface area contributed by atoms with E-state index < -0.39 is 23.8 Å². The van der Waals surface area contributed by atoms with E-state index in [1.54, 1.807) is 36.4 Å². The molecule has 0 spiro atoms. The monoisotopic (exact) mass is 400 g/mol. The number of carbonyl (C=O) groups excluding carboxylic acids is 4. The molecule has 3 rings (SSSR count). The summed E-state index contributed by atoms with van der Waals surface area (Å²) in [6.45, 7) is 1.31. The summed E-state index contributed by atoms with van der Waals surface area (Å²) < 4.78 is 4.74. The van der Waals surface area contributed by atoms with E-state index in [0.29, 0.717) is 10.6 Å². The van der Waals surface area contributed by atoms with Gasteiger partial charge in [-0.1, -0.05) is 29.8 Å². The number of esters is 1. The van der Waals surface area contributed by atoms with Gasteiger partial charge in [0.1, 0.15) is 0 Å². The molecule has 28 heavy (non-hydrogen) atoms. The van der Waals surface area contributed by atoms with Crippen LogP contribution in [0.3, 0.4) is 0 Å². The third-order valence-electron chi connectivity index (χ3n) is 4.39. The van der Waals surface area contributed by atoms with Crippen molar-refractivity contribution in [3.8, 4) is 0 Å². The van der Waals surface area contributed by atoms with Gasteiger partial charge in [0.25, 0.3) is 11.8 Å². The number of methoxy groups -OCH3 is 1. The van der Waals surface area contributed by atoms with E-state index in [4.69, 9.17) is 16.3 Å². The number of rotatable bonds is 5. The van der Waals surface area contributed by atoms with Crippen LogP contribution in [-0.4, -0.2) is 35.7 Å². The second-order valence-corrected chi connectivity index (χ2v) is 6.68. The molecule has 3 amide bonds. The van der Waals surface area contributed by atoms with Gasteiger partial charge in [0, 0.05) is 11.9 Å². The number of hydrogen-bond acceptors (Lipinski definition) is 5. The van der Waals surface area contributed by atoms with Crippen LogP contribution in [-0.2, 0) is 14.3 Å². The minimum Gasteiger partial charge on any atom is -0.469 e. The predicted octanol–water partition coefficient (Wildman–Crippen LogP) is 3.20. The van der Waals surface area contributed by atoms with Gasteiger partial charge < -0.3 is 10.1 Å². The summed E-state index contributed by atoms with van der Waals surface area (Å²) in [5.74, 6) is -2.10. The Balaban J connectivity index is 2.08. The molecule has 0 aliphatic carbocycles. The van der Waals surface area contributed by atoms with Gasteiger partial charge in [-0.25, -0.2) is 0 Å². The van der Waals surface area contributed by atoms with Crippen molar-refractivity contribution in [1.82, 2.24) is 4.90 Å². The highest BCUT2D eigenvalue weighted by Crippen LogP contribution is 2.37. The maximum absolute atomic E-state index is 13.1. The Morgan fingerprint density at radius 3 is 2.50 bits per heavy atom. The minimum absolute atomic E-state index is 0.0968. The molecule has 8 heteroatoms. The van der Waals surface area contributed by atoms with Crippen molar-refractivity contribution >= 4 is 41.0 Å². The molecule has 0 bridgehead atoms. The molecule has 2 aromatic carbocycles. The lowest BCUT2D eigenvalue weighted by Crippen LogP contribution is -2.35. The molecule has 0 aromatic heterocycles. The molecule has 144 valence electrons. The number of ether oxygens (including phenoxy) is 1. The van der Waals surface area contributed by atoms with Gasteiger partial charge >= 0.3 is 5.97 Å². The zero-order valence-corrected chi connectivity index (χ0v) is 15.9. The summed E-state index contributed by atoms with van der Waals surface area (Å²) in [6.07, 6.45) is -0.224. The second-order valence-electron chi connectivity index (χ2n) is 6.24. The van der Waals surface area contributed by atoms with Crippen molar-refractivity contribution in [3.05, 3.63) is 64.2 Å². The van der Waals surface area contributed by atoms with Gasteiger partial charge in [0.15, 0.2) is 0 Å². The molecular weight excluding hydrogens is 384 g/mol. The summed E-state index contributed by atoms with van der Waals surface area (Å²) in [4.78, 5) is 50.6. The van der Waals surface area contributed by atoms with Crippen LogP contribution in [0.25, 0.3) is 0 Å². The SMILES string of the molecule is COC(=O)CC(c1cccc(Cl)c1)N1C(=O)c2cccc(NC(C)=O)c2C1=O. The largest absolute Gasteiger partial charge is 0.469 e. The van der Waals surface area contributed by atoms with E-state index in [2.05, 4.69) is 5.32 Å². The van der Waals surface area contributed by atoms with Crippen LogP contribution in [0.1, 0.15) is 45.7 Å². The van der Waals surface area contributed by atoms with Crippen LogP contribution in [0, 0.1) is 0 Å². The van der Waals surface area contributed by atoms with Gasteiger partial charge in [0.2, 0.25) is 5.91 Å². The molecule has 0 saturated heterocycles. The molecule has 0 saturated carbocycles.